The molecule has 0 saturated carbocycles. The molecule has 0 spiro atoms. The quantitative estimate of drug-likeness (QED) is 0.253. The molecule has 1 aromatic carbocycles. The van der Waals surface area contributed by atoms with Crippen molar-refractivity contribution in [1.29, 1.82) is 0 Å². The average molecular weight is 578 g/mol. The Morgan fingerprint density at radius 2 is 1.77 bits per heavy atom. The van der Waals surface area contributed by atoms with Gasteiger partial charge in [-0.15, -0.1) is 0 Å². The number of piperidine rings is 1. The Bertz CT molecular complexity index is 1460. The van der Waals surface area contributed by atoms with Gasteiger partial charge in [0, 0.05) is 43.1 Å². The van der Waals surface area contributed by atoms with Gasteiger partial charge in [-0.3, -0.25) is 4.98 Å². The fraction of sp³-hybridized carbons (Fsp3) is 0.300. The lowest BCUT2D eigenvalue weighted by atomic mass is 9.91. The summed E-state index contributed by atoms with van der Waals surface area (Å²) in [5, 5.41) is 5.48. The van der Waals surface area contributed by atoms with E-state index in [4.69, 9.17) is 35.4 Å². The molecule has 0 radical (unpaired) electrons. The zero-order valence-electron chi connectivity index (χ0n) is 21.8. The lowest BCUT2D eigenvalue weighted by molar-refractivity contribution is 0.357. The van der Waals surface area contributed by atoms with Crippen LogP contribution in [0, 0.1) is 11.8 Å². The van der Waals surface area contributed by atoms with Crippen LogP contribution in [0.25, 0.3) is 5.82 Å². The first kappa shape index (κ1) is 26.1. The molecule has 0 bridgehead atoms. The van der Waals surface area contributed by atoms with Crippen LogP contribution in [0.15, 0.2) is 79.3 Å². The predicted octanol–water partition coefficient (Wildman–Crippen LogP) is 7.23. The van der Waals surface area contributed by atoms with Crippen molar-refractivity contribution in [2.24, 2.45) is 11.8 Å². The minimum absolute atomic E-state index is 0.179. The van der Waals surface area contributed by atoms with Gasteiger partial charge < -0.3 is 19.7 Å². The minimum atomic E-state index is -0.197. The molecule has 2 aliphatic rings. The SMILES string of the molecule is C[C@@H]1C[C@H](C)CN(c2ccc(N3C(=S)N[C@@H](c4ccccn4)[C@H]3c3cccn3-c3ccc(Cl)cn3)cc2Cl)C1. The lowest BCUT2D eigenvalue weighted by Crippen LogP contribution is -2.38. The van der Waals surface area contributed by atoms with Gasteiger partial charge in [-0.25, -0.2) is 4.98 Å². The van der Waals surface area contributed by atoms with E-state index in [2.05, 4.69) is 61.7 Å². The Labute approximate surface area is 244 Å². The van der Waals surface area contributed by atoms with Gasteiger partial charge in [-0.2, -0.15) is 0 Å². The van der Waals surface area contributed by atoms with Crippen LogP contribution in [-0.2, 0) is 0 Å². The third kappa shape index (κ3) is 5.11. The predicted molar refractivity (Wildman–Crippen MR) is 163 cm³/mol. The number of hydrogen-bond donors (Lipinski definition) is 1. The molecule has 6 nitrogen and oxygen atoms in total. The molecule has 2 aliphatic heterocycles. The van der Waals surface area contributed by atoms with Crippen LogP contribution in [0.3, 0.4) is 0 Å². The van der Waals surface area contributed by atoms with Gasteiger partial charge in [0.05, 0.1) is 27.5 Å². The van der Waals surface area contributed by atoms with Crippen molar-refractivity contribution in [3.05, 3.63) is 101 Å². The van der Waals surface area contributed by atoms with Crippen molar-refractivity contribution >= 4 is 51.9 Å². The average Bonchev–Trinajstić information content (AvgIpc) is 3.53. The van der Waals surface area contributed by atoms with E-state index < -0.39 is 0 Å². The molecular formula is C30H30Cl2N6S. The highest BCUT2D eigenvalue weighted by atomic mass is 35.5. The molecule has 200 valence electrons. The number of anilines is 2. The highest BCUT2D eigenvalue weighted by molar-refractivity contribution is 7.80. The maximum absolute atomic E-state index is 6.98. The van der Waals surface area contributed by atoms with Crippen molar-refractivity contribution in [2.75, 3.05) is 22.9 Å². The molecule has 4 atom stereocenters. The first-order valence-corrected chi connectivity index (χ1v) is 14.4. The fourth-order valence-corrected chi connectivity index (χ4v) is 6.80. The van der Waals surface area contributed by atoms with E-state index in [9.17, 15) is 0 Å². The summed E-state index contributed by atoms with van der Waals surface area (Å²) in [6.07, 6.45) is 6.73. The minimum Gasteiger partial charge on any atom is -0.370 e. The fourth-order valence-electron chi connectivity index (χ4n) is 6.05. The highest BCUT2D eigenvalue weighted by Crippen LogP contribution is 2.44. The summed E-state index contributed by atoms with van der Waals surface area (Å²) in [7, 11) is 0. The Hall–Kier alpha value is -3.13. The Kier molecular flexibility index (Phi) is 7.23. The summed E-state index contributed by atoms with van der Waals surface area (Å²) >= 11 is 19.1. The maximum Gasteiger partial charge on any atom is 0.174 e. The van der Waals surface area contributed by atoms with Crippen LogP contribution < -0.4 is 15.1 Å². The summed E-state index contributed by atoms with van der Waals surface area (Å²) in [4.78, 5) is 13.8. The van der Waals surface area contributed by atoms with Crippen LogP contribution in [0.2, 0.25) is 10.0 Å². The number of nitrogens with one attached hydrogen (secondary N) is 1. The van der Waals surface area contributed by atoms with E-state index in [-0.39, 0.29) is 12.1 Å². The second kappa shape index (κ2) is 10.8. The van der Waals surface area contributed by atoms with Crippen molar-refractivity contribution in [2.45, 2.75) is 32.4 Å². The number of hydrogen-bond acceptors (Lipinski definition) is 4. The third-order valence-corrected chi connectivity index (χ3v) is 8.40. The van der Waals surface area contributed by atoms with Crippen LogP contribution in [-0.4, -0.2) is 32.7 Å². The molecular weight excluding hydrogens is 547 g/mol. The van der Waals surface area contributed by atoms with Crippen molar-refractivity contribution in [3.8, 4) is 5.82 Å². The van der Waals surface area contributed by atoms with Crippen molar-refractivity contribution in [1.82, 2.24) is 19.9 Å². The number of pyridine rings is 2. The third-order valence-electron chi connectivity index (χ3n) is 7.56. The number of halogens is 2. The summed E-state index contributed by atoms with van der Waals surface area (Å²) in [6, 6.07) is 19.8. The van der Waals surface area contributed by atoms with Crippen LogP contribution >= 0.6 is 35.4 Å². The zero-order chi connectivity index (χ0) is 27.1. The number of benzene rings is 1. The van der Waals surface area contributed by atoms with Gasteiger partial charge in [-0.1, -0.05) is 43.1 Å². The number of rotatable bonds is 5. The standard InChI is InChI=1S/C30H30Cl2N6S/c1-19-14-20(2)18-36(17-19)25-10-9-22(15-23(25)32)38-29(28(35-30(38)39)24-6-3-4-12-33-24)26-7-5-13-37(26)27-11-8-21(31)16-34-27/h3-13,15-16,19-20,28-29H,14,17-18H2,1-2H3,(H,35,39)/t19-,20+,28-,29+/m0/s1. The van der Waals surface area contributed by atoms with Crippen molar-refractivity contribution < 1.29 is 0 Å². The number of nitrogens with zero attached hydrogens (tertiary/aromatic N) is 5. The van der Waals surface area contributed by atoms with Crippen LogP contribution in [0.5, 0.6) is 0 Å². The van der Waals surface area contributed by atoms with E-state index in [0.29, 0.717) is 22.0 Å². The molecule has 6 rings (SSSR count). The summed E-state index contributed by atoms with van der Waals surface area (Å²) in [5.74, 6) is 2.05. The second-order valence-electron chi connectivity index (χ2n) is 10.6. The van der Waals surface area contributed by atoms with Gasteiger partial charge >= 0.3 is 0 Å². The molecule has 4 aromatic rings. The molecule has 2 saturated heterocycles. The smallest absolute Gasteiger partial charge is 0.174 e. The molecule has 0 amide bonds. The molecule has 0 unspecified atom stereocenters. The summed E-state index contributed by atoms with van der Waals surface area (Å²) in [5.41, 5.74) is 3.93. The number of thiocarbonyl (C=S) groups is 1. The Morgan fingerprint density at radius 3 is 2.46 bits per heavy atom. The first-order chi connectivity index (χ1) is 18.9. The van der Waals surface area contributed by atoms with Gasteiger partial charge in [0.15, 0.2) is 5.11 Å². The van der Waals surface area contributed by atoms with E-state index in [1.54, 1.807) is 6.20 Å². The molecule has 2 fully saturated rings. The number of aromatic nitrogens is 3. The molecule has 5 heterocycles. The maximum atomic E-state index is 6.98. The van der Waals surface area contributed by atoms with Gasteiger partial charge in [0.25, 0.3) is 0 Å². The lowest BCUT2D eigenvalue weighted by Gasteiger charge is -2.37. The Morgan fingerprint density at radius 1 is 0.949 bits per heavy atom. The van der Waals surface area contributed by atoms with Gasteiger partial charge in [0.2, 0.25) is 0 Å². The summed E-state index contributed by atoms with van der Waals surface area (Å²) < 4.78 is 2.08. The van der Waals surface area contributed by atoms with Crippen molar-refractivity contribution in [3.63, 3.8) is 0 Å². The van der Waals surface area contributed by atoms with Gasteiger partial charge in [0.1, 0.15) is 11.9 Å². The van der Waals surface area contributed by atoms with Gasteiger partial charge in [-0.05, 0) is 85.1 Å². The highest BCUT2D eigenvalue weighted by Gasteiger charge is 2.42. The van der Waals surface area contributed by atoms with Crippen LogP contribution in [0.1, 0.15) is 43.7 Å². The Balaban J connectivity index is 1.42. The normalized spacial score (nSPS) is 23.2. The first-order valence-electron chi connectivity index (χ1n) is 13.2. The topological polar surface area (TPSA) is 49.2 Å². The zero-order valence-corrected chi connectivity index (χ0v) is 24.2. The van der Waals surface area contributed by atoms with E-state index in [1.165, 1.54) is 6.42 Å². The molecule has 9 heteroatoms. The largest absolute Gasteiger partial charge is 0.370 e. The molecule has 39 heavy (non-hydrogen) atoms. The molecule has 1 N–H and O–H groups in total. The molecule has 0 aliphatic carbocycles. The van der Waals surface area contributed by atoms with E-state index in [0.717, 1.165) is 46.7 Å². The van der Waals surface area contributed by atoms with E-state index in [1.807, 2.05) is 54.9 Å². The second-order valence-corrected chi connectivity index (χ2v) is 11.9. The van der Waals surface area contributed by atoms with Crippen LogP contribution in [0.4, 0.5) is 11.4 Å². The molecule has 3 aromatic heterocycles. The monoisotopic (exact) mass is 576 g/mol. The van der Waals surface area contributed by atoms with E-state index >= 15 is 0 Å². The summed E-state index contributed by atoms with van der Waals surface area (Å²) in [6.45, 7) is 6.65.